The van der Waals surface area contributed by atoms with E-state index in [-0.39, 0.29) is 0 Å². The van der Waals surface area contributed by atoms with E-state index in [2.05, 4.69) is 13.8 Å². The fourth-order valence-electron chi connectivity index (χ4n) is 1.54. The summed E-state index contributed by atoms with van der Waals surface area (Å²) in [4.78, 5) is 0. The van der Waals surface area contributed by atoms with Crippen LogP contribution in [0.3, 0.4) is 0 Å². The SMILES string of the molecule is CCSCCCOc1c(C)ccc(N)c1C. The summed E-state index contributed by atoms with van der Waals surface area (Å²) in [6.07, 6.45) is 1.09. The van der Waals surface area contributed by atoms with Crippen LogP contribution in [-0.4, -0.2) is 18.1 Å². The first kappa shape index (κ1) is 13.2. The molecule has 0 amide bonds. The normalized spacial score (nSPS) is 10.4. The van der Waals surface area contributed by atoms with Gasteiger partial charge in [-0.3, -0.25) is 0 Å². The number of anilines is 1. The van der Waals surface area contributed by atoms with E-state index in [0.29, 0.717) is 0 Å². The summed E-state index contributed by atoms with van der Waals surface area (Å²) in [5.74, 6) is 3.30. The van der Waals surface area contributed by atoms with Crippen molar-refractivity contribution in [3.8, 4) is 5.75 Å². The van der Waals surface area contributed by atoms with E-state index in [4.69, 9.17) is 10.5 Å². The number of hydrogen-bond acceptors (Lipinski definition) is 3. The quantitative estimate of drug-likeness (QED) is 0.610. The molecule has 1 rings (SSSR count). The standard InChI is InChI=1S/C13H21NOS/c1-4-16-9-5-8-15-13-10(2)6-7-12(14)11(13)3/h6-7H,4-5,8-9,14H2,1-3H3. The van der Waals surface area contributed by atoms with E-state index in [1.165, 1.54) is 5.75 Å². The second-order valence-electron chi connectivity index (χ2n) is 3.82. The summed E-state index contributed by atoms with van der Waals surface area (Å²) in [6, 6.07) is 3.95. The molecule has 3 heteroatoms. The molecule has 1 aromatic carbocycles. The highest BCUT2D eigenvalue weighted by Gasteiger charge is 2.06. The number of hydrogen-bond donors (Lipinski definition) is 1. The van der Waals surface area contributed by atoms with Crippen molar-refractivity contribution in [1.82, 2.24) is 0 Å². The van der Waals surface area contributed by atoms with Crippen LogP contribution in [-0.2, 0) is 0 Å². The highest BCUT2D eigenvalue weighted by atomic mass is 32.2. The van der Waals surface area contributed by atoms with E-state index in [9.17, 15) is 0 Å². The zero-order valence-corrected chi connectivity index (χ0v) is 11.2. The van der Waals surface area contributed by atoms with Gasteiger partial charge in [0, 0.05) is 11.3 Å². The number of ether oxygens (including phenoxy) is 1. The average molecular weight is 239 g/mol. The van der Waals surface area contributed by atoms with E-state index in [1.54, 1.807) is 0 Å². The van der Waals surface area contributed by atoms with E-state index >= 15 is 0 Å². The Bertz CT molecular complexity index is 339. The fraction of sp³-hybridized carbons (Fsp3) is 0.538. The molecule has 0 radical (unpaired) electrons. The number of aryl methyl sites for hydroxylation is 1. The van der Waals surface area contributed by atoms with Gasteiger partial charge in [-0.1, -0.05) is 13.0 Å². The molecule has 16 heavy (non-hydrogen) atoms. The van der Waals surface area contributed by atoms with Gasteiger partial charge < -0.3 is 10.5 Å². The van der Waals surface area contributed by atoms with Gasteiger partial charge in [0.25, 0.3) is 0 Å². The minimum Gasteiger partial charge on any atom is -0.493 e. The molecular weight excluding hydrogens is 218 g/mol. The zero-order chi connectivity index (χ0) is 12.0. The van der Waals surface area contributed by atoms with Crippen LogP contribution < -0.4 is 10.5 Å². The number of nitrogens with two attached hydrogens (primary N) is 1. The van der Waals surface area contributed by atoms with Crippen molar-refractivity contribution >= 4 is 17.4 Å². The Morgan fingerprint density at radius 2 is 2.06 bits per heavy atom. The third kappa shape index (κ3) is 3.63. The monoisotopic (exact) mass is 239 g/mol. The fourth-order valence-corrected chi connectivity index (χ4v) is 2.15. The van der Waals surface area contributed by atoms with Gasteiger partial charge in [-0.05, 0) is 43.4 Å². The maximum Gasteiger partial charge on any atom is 0.127 e. The molecule has 0 heterocycles. The second-order valence-corrected chi connectivity index (χ2v) is 5.22. The minimum atomic E-state index is 0.776. The van der Waals surface area contributed by atoms with Gasteiger partial charge in [-0.15, -0.1) is 0 Å². The third-order valence-electron chi connectivity index (χ3n) is 2.53. The maximum atomic E-state index is 5.86. The zero-order valence-electron chi connectivity index (χ0n) is 10.4. The summed E-state index contributed by atoms with van der Waals surface area (Å²) in [5, 5.41) is 0. The van der Waals surface area contributed by atoms with Gasteiger partial charge in [0.1, 0.15) is 5.75 Å². The van der Waals surface area contributed by atoms with Crippen molar-refractivity contribution in [2.24, 2.45) is 0 Å². The first-order valence-corrected chi connectivity index (χ1v) is 6.88. The third-order valence-corrected chi connectivity index (χ3v) is 3.51. The van der Waals surface area contributed by atoms with E-state index in [0.717, 1.165) is 41.3 Å². The summed E-state index contributed by atoms with van der Waals surface area (Å²) in [5.41, 5.74) is 8.89. The van der Waals surface area contributed by atoms with E-state index in [1.807, 2.05) is 30.8 Å². The van der Waals surface area contributed by atoms with Gasteiger partial charge >= 0.3 is 0 Å². The number of thioether (sulfide) groups is 1. The molecule has 0 saturated carbocycles. The number of benzene rings is 1. The largest absolute Gasteiger partial charge is 0.493 e. The van der Waals surface area contributed by atoms with Crippen LogP contribution in [0.5, 0.6) is 5.75 Å². The number of nitrogen functional groups attached to an aromatic ring is 1. The Labute approximate surface area is 103 Å². The van der Waals surface area contributed by atoms with Gasteiger partial charge in [-0.2, -0.15) is 11.8 Å². The lowest BCUT2D eigenvalue weighted by Gasteiger charge is -2.13. The van der Waals surface area contributed by atoms with Gasteiger partial charge in [0.05, 0.1) is 6.61 Å². The summed E-state index contributed by atoms with van der Waals surface area (Å²) < 4.78 is 5.80. The molecule has 0 aliphatic carbocycles. The van der Waals surface area contributed by atoms with Gasteiger partial charge in [0.15, 0.2) is 0 Å². The molecule has 2 nitrogen and oxygen atoms in total. The Kier molecular flexibility index (Phi) is 5.53. The van der Waals surface area contributed by atoms with Crippen LogP contribution >= 0.6 is 11.8 Å². The Morgan fingerprint density at radius 3 is 2.75 bits per heavy atom. The second kappa shape index (κ2) is 6.69. The highest BCUT2D eigenvalue weighted by molar-refractivity contribution is 7.99. The van der Waals surface area contributed by atoms with Crippen molar-refractivity contribution in [2.75, 3.05) is 23.8 Å². The Balaban J connectivity index is 2.50. The van der Waals surface area contributed by atoms with Crippen LogP contribution in [0.4, 0.5) is 5.69 Å². The molecule has 0 unspecified atom stereocenters. The molecule has 0 saturated heterocycles. The Morgan fingerprint density at radius 1 is 1.31 bits per heavy atom. The van der Waals surface area contributed by atoms with Crippen LogP contribution in [0.15, 0.2) is 12.1 Å². The van der Waals surface area contributed by atoms with Crippen molar-refractivity contribution in [2.45, 2.75) is 27.2 Å². The first-order chi connectivity index (χ1) is 7.66. The predicted molar refractivity (Wildman–Crippen MR) is 73.4 cm³/mol. The van der Waals surface area contributed by atoms with Crippen molar-refractivity contribution in [1.29, 1.82) is 0 Å². The van der Waals surface area contributed by atoms with Gasteiger partial charge in [-0.25, -0.2) is 0 Å². The molecular formula is C13H21NOS. The first-order valence-electron chi connectivity index (χ1n) is 5.73. The molecule has 0 aliphatic heterocycles. The molecule has 0 aliphatic rings. The molecule has 0 spiro atoms. The topological polar surface area (TPSA) is 35.2 Å². The molecule has 0 atom stereocenters. The minimum absolute atomic E-state index is 0.776. The molecule has 0 fully saturated rings. The molecule has 0 aromatic heterocycles. The number of rotatable bonds is 6. The van der Waals surface area contributed by atoms with Crippen molar-refractivity contribution < 1.29 is 4.74 Å². The predicted octanol–water partition coefficient (Wildman–Crippen LogP) is 3.41. The lowest BCUT2D eigenvalue weighted by molar-refractivity contribution is 0.314. The summed E-state index contributed by atoms with van der Waals surface area (Å²) in [7, 11) is 0. The highest BCUT2D eigenvalue weighted by Crippen LogP contribution is 2.27. The smallest absolute Gasteiger partial charge is 0.127 e. The molecule has 90 valence electrons. The van der Waals surface area contributed by atoms with E-state index < -0.39 is 0 Å². The molecule has 2 N–H and O–H groups in total. The molecule has 1 aromatic rings. The van der Waals surface area contributed by atoms with Crippen molar-refractivity contribution in [3.05, 3.63) is 23.3 Å². The van der Waals surface area contributed by atoms with Crippen LogP contribution in [0, 0.1) is 13.8 Å². The Hall–Kier alpha value is -0.830. The lowest BCUT2D eigenvalue weighted by atomic mass is 10.1. The molecule has 0 bridgehead atoms. The average Bonchev–Trinajstić information content (AvgIpc) is 2.28. The van der Waals surface area contributed by atoms with Gasteiger partial charge in [0.2, 0.25) is 0 Å². The van der Waals surface area contributed by atoms with Crippen LogP contribution in [0.2, 0.25) is 0 Å². The lowest BCUT2D eigenvalue weighted by Crippen LogP contribution is -2.03. The maximum absolute atomic E-state index is 5.86. The van der Waals surface area contributed by atoms with Crippen molar-refractivity contribution in [3.63, 3.8) is 0 Å². The summed E-state index contributed by atoms with van der Waals surface area (Å²) in [6.45, 7) is 7.02. The summed E-state index contributed by atoms with van der Waals surface area (Å²) >= 11 is 1.95. The van der Waals surface area contributed by atoms with Crippen LogP contribution in [0.25, 0.3) is 0 Å². The van der Waals surface area contributed by atoms with Crippen LogP contribution in [0.1, 0.15) is 24.5 Å².